The first kappa shape index (κ1) is 17.9. The van der Waals surface area contributed by atoms with Crippen LogP contribution in [0.2, 0.25) is 0 Å². The van der Waals surface area contributed by atoms with Gasteiger partial charge in [0.15, 0.2) is 6.29 Å². The first-order valence-corrected chi connectivity index (χ1v) is 7.11. The Kier molecular flexibility index (Phi) is 7.67. The van der Waals surface area contributed by atoms with Crippen molar-refractivity contribution in [1.29, 1.82) is 0 Å². The third kappa shape index (κ3) is 4.68. The second-order valence-electron chi connectivity index (χ2n) is 4.56. The Labute approximate surface area is 130 Å². The zero-order chi connectivity index (χ0) is 15.8. The van der Waals surface area contributed by atoms with Gasteiger partial charge in [0.2, 0.25) is 5.91 Å². The number of alkyl halides is 1. The van der Waals surface area contributed by atoms with Crippen molar-refractivity contribution in [2.75, 3.05) is 38.8 Å². The number of hydrogen-bond donors (Lipinski definition) is 0. The van der Waals surface area contributed by atoms with Crippen LogP contribution in [0.1, 0.15) is 11.1 Å². The highest BCUT2D eigenvalue weighted by Crippen LogP contribution is 2.27. The molecule has 1 amide bonds. The lowest BCUT2D eigenvalue weighted by molar-refractivity contribution is -0.117. The van der Waals surface area contributed by atoms with E-state index in [1.807, 2.05) is 25.1 Å². The highest BCUT2D eigenvalue weighted by atomic mass is 35.5. The van der Waals surface area contributed by atoms with E-state index in [0.717, 1.165) is 16.8 Å². The van der Waals surface area contributed by atoms with Crippen LogP contribution in [0, 0.1) is 6.92 Å². The van der Waals surface area contributed by atoms with Crippen molar-refractivity contribution in [1.82, 2.24) is 0 Å². The normalized spacial score (nSPS) is 11.0. The van der Waals surface area contributed by atoms with Crippen LogP contribution in [0.15, 0.2) is 18.2 Å². The van der Waals surface area contributed by atoms with Crippen molar-refractivity contribution in [3.05, 3.63) is 29.3 Å². The van der Waals surface area contributed by atoms with Crippen molar-refractivity contribution >= 4 is 23.2 Å². The quantitative estimate of drug-likeness (QED) is 0.546. The molecule has 0 spiro atoms. The lowest BCUT2D eigenvalue weighted by Gasteiger charge is -2.26. The SMILES string of the molecule is COCN(C(=O)CCl)c1c(C)cccc1CC(OC)OC. The zero-order valence-corrected chi connectivity index (χ0v) is 13.6. The topological polar surface area (TPSA) is 48.0 Å². The molecular weight excluding hydrogens is 294 g/mol. The molecule has 1 aromatic carbocycles. The first-order valence-electron chi connectivity index (χ1n) is 6.58. The number of para-hydroxylation sites is 1. The Morgan fingerprint density at radius 1 is 1.29 bits per heavy atom. The van der Waals surface area contributed by atoms with E-state index in [1.54, 1.807) is 26.2 Å². The summed E-state index contributed by atoms with van der Waals surface area (Å²) in [5.74, 6) is -0.310. The molecule has 21 heavy (non-hydrogen) atoms. The summed E-state index contributed by atoms with van der Waals surface area (Å²) in [7, 11) is 4.71. The molecule has 0 saturated heterocycles. The van der Waals surface area contributed by atoms with Crippen molar-refractivity contribution in [2.24, 2.45) is 0 Å². The maximum atomic E-state index is 12.1. The summed E-state index contributed by atoms with van der Waals surface area (Å²) < 4.78 is 15.6. The fourth-order valence-electron chi connectivity index (χ4n) is 2.18. The number of nitrogens with zero attached hydrogens (tertiary/aromatic N) is 1. The molecule has 0 aliphatic heterocycles. The second-order valence-corrected chi connectivity index (χ2v) is 4.83. The Bertz CT molecular complexity index is 463. The monoisotopic (exact) mass is 315 g/mol. The molecule has 0 saturated carbocycles. The van der Waals surface area contributed by atoms with Gasteiger partial charge < -0.3 is 14.2 Å². The molecule has 0 N–H and O–H groups in total. The van der Waals surface area contributed by atoms with Gasteiger partial charge in [-0.05, 0) is 18.1 Å². The van der Waals surface area contributed by atoms with Crippen molar-refractivity contribution in [2.45, 2.75) is 19.6 Å². The number of aryl methyl sites for hydroxylation is 1. The molecule has 0 heterocycles. The Hall–Kier alpha value is -1.14. The standard InChI is InChI=1S/C15H22ClNO4/c1-11-6-5-7-12(8-14(20-3)21-4)15(11)17(10-19-2)13(18)9-16/h5-7,14H,8-10H2,1-4H3. The minimum Gasteiger partial charge on any atom is -0.364 e. The van der Waals surface area contributed by atoms with Crippen LogP contribution < -0.4 is 4.90 Å². The largest absolute Gasteiger partial charge is 0.364 e. The number of methoxy groups -OCH3 is 3. The van der Waals surface area contributed by atoms with E-state index in [0.29, 0.717) is 6.42 Å². The van der Waals surface area contributed by atoms with E-state index in [9.17, 15) is 4.79 Å². The highest BCUT2D eigenvalue weighted by molar-refractivity contribution is 6.29. The Balaban J connectivity index is 3.21. The van der Waals surface area contributed by atoms with E-state index >= 15 is 0 Å². The van der Waals surface area contributed by atoms with Crippen LogP contribution in [-0.4, -0.2) is 46.1 Å². The number of amides is 1. The van der Waals surface area contributed by atoms with Gasteiger partial charge in [0.05, 0.1) is 5.69 Å². The number of anilines is 1. The smallest absolute Gasteiger partial charge is 0.243 e. The molecule has 6 heteroatoms. The van der Waals surface area contributed by atoms with E-state index < -0.39 is 0 Å². The van der Waals surface area contributed by atoms with Crippen molar-refractivity contribution < 1.29 is 19.0 Å². The van der Waals surface area contributed by atoms with Gasteiger partial charge in [-0.25, -0.2) is 0 Å². The van der Waals surface area contributed by atoms with Crippen LogP contribution >= 0.6 is 11.6 Å². The number of halogens is 1. The molecule has 1 aromatic rings. The third-order valence-corrected chi connectivity index (χ3v) is 3.41. The predicted molar refractivity (Wildman–Crippen MR) is 82.8 cm³/mol. The van der Waals surface area contributed by atoms with Gasteiger partial charge in [-0.3, -0.25) is 9.69 Å². The number of hydrogen-bond acceptors (Lipinski definition) is 4. The van der Waals surface area contributed by atoms with Gasteiger partial charge in [-0.15, -0.1) is 11.6 Å². The Morgan fingerprint density at radius 2 is 1.95 bits per heavy atom. The summed E-state index contributed by atoms with van der Waals surface area (Å²) in [6.07, 6.45) is 0.154. The molecule has 0 atom stereocenters. The predicted octanol–water partition coefficient (Wildman–Crippen LogP) is 2.33. The zero-order valence-electron chi connectivity index (χ0n) is 12.9. The van der Waals surface area contributed by atoms with Crippen molar-refractivity contribution in [3.63, 3.8) is 0 Å². The van der Waals surface area contributed by atoms with Gasteiger partial charge in [0.25, 0.3) is 0 Å². The molecule has 0 aliphatic carbocycles. The summed E-state index contributed by atoms with van der Waals surface area (Å²) in [4.78, 5) is 13.6. The van der Waals surface area contributed by atoms with Crippen LogP contribution in [0.25, 0.3) is 0 Å². The van der Waals surface area contributed by atoms with Crippen molar-refractivity contribution in [3.8, 4) is 0 Å². The highest BCUT2D eigenvalue weighted by Gasteiger charge is 2.21. The van der Waals surface area contributed by atoms with Gasteiger partial charge in [0.1, 0.15) is 12.6 Å². The van der Waals surface area contributed by atoms with Gasteiger partial charge >= 0.3 is 0 Å². The molecule has 5 nitrogen and oxygen atoms in total. The van der Waals surface area contributed by atoms with E-state index in [1.165, 1.54) is 0 Å². The van der Waals surface area contributed by atoms with E-state index in [2.05, 4.69) is 0 Å². The van der Waals surface area contributed by atoms with E-state index in [4.69, 9.17) is 25.8 Å². The van der Waals surface area contributed by atoms with Crippen LogP contribution in [0.3, 0.4) is 0 Å². The molecule has 1 rings (SSSR count). The fraction of sp³-hybridized carbons (Fsp3) is 0.533. The molecule has 0 unspecified atom stereocenters. The molecule has 0 aromatic heterocycles. The van der Waals surface area contributed by atoms with Gasteiger partial charge in [0, 0.05) is 27.8 Å². The van der Waals surface area contributed by atoms with E-state index in [-0.39, 0.29) is 24.8 Å². The third-order valence-electron chi connectivity index (χ3n) is 3.18. The lowest BCUT2D eigenvalue weighted by Crippen LogP contribution is -2.35. The van der Waals surface area contributed by atoms with Crippen LogP contribution in [0.5, 0.6) is 0 Å². The molecule has 0 aliphatic rings. The number of rotatable bonds is 8. The summed E-state index contributed by atoms with van der Waals surface area (Å²) >= 11 is 5.70. The average Bonchev–Trinajstić information content (AvgIpc) is 2.50. The molecular formula is C15H22ClNO4. The van der Waals surface area contributed by atoms with Gasteiger partial charge in [-0.1, -0.05) is 18.2 Å². The minimum atomic E-state index is -0.374. The maximum absolute atomic E-state index is 12.1. The first-order chi connectivity index (χ1) is 10.1. The molecule has 0 radical (unpaired) electrons. The summed E-state index contributed by atoms with van der Waals surface area (Å²) in [6.45, 7) is 2.09. The molecule has 0 fully saturated rings. The average molecular weight is 316 g/mol. The second kappa shape index (κ2) is 9.00. The number of carbonyl (C=O) groups is 1. The summed E-state index contributed by atoms with van der Waals surface area (Å²) in [5, 5.41) is 0. The lowest BCUT2D eigenvalue weighted by atomic mass is 10.0. The molecule has 0 bridgehead atoms. The Morgan fingerprint density at radius 3 is 2.48 bits per heavy atom. The summed E-state index contributed by atoms with van der Waals surface area (Å²) in [5.41, 5.74) is 2.71. The number of ether oxygens (including phenoxy) is 3. The maximum Gasteiger partial charge on any atom is 0.243 e. The number of carbonyl (C=O) groups excluding carboxylic acids is 1. The number of benzene rings is 1. The minimum absolute atomic E-state index is 0.102. The fourth-order valence-corrected chi connectivity index (χ4v) is 2.32. The van der Waals surface area contributed by atoms with Crippen LogP contribution in [0.4, 0.5) is 5.69 Å². The van der Waals surface area contributed by atoms with Gasteiger partial charge in [-0.2, -0.15) is 0 Å². The van der Waals surface area contributed by atoms with Crippen LogP contribution in [-0.2, 0) is 25.4 Å². The molecule has 118 valence electrons. The summed E-state index contributed by atoms with van der Waals surface area (Å²) in [6, 6.07) is 5.82.